The first-order chi connectivity index (χ1) is 8.16. The number of nitrogens with one attached hydrogen (secondary N) is 1. The number of aliphatic hydroxyl groups is 1. The lowest BCUT2D eigenvalue weighted by Gasteiger charge is -1.96. The van der Waals surface area contributed by atoms with Crippen molar-refractivity contribution in [2.75, 3.05) is 0 Å². The maximum atomic E-state index is 11.4. The van der Waals surface area contributed by atoms with Crippen molar-refractivity contribution in [2.24, 2.45) is 0 Å². The molecule has 17 heavy (non-hydrogen) atoms. The van der Waals surface area contributed by atoms with Crippen molar-refractivity contribution in [2.45, 2.75) is 25.7 Å². The zero-order valence-corrected chi connectivity index (χ0v) is 9.05. The number of hydrogen-bond donors (Lipinski definition) is 2. The van der Waals surface area contributed by atoms with E-state index >= 15 is 0 Å². The highest BCUT2D eigenvalue weighted by atomic mass is 16.7. The Balaban J connectivity index is 1.85. The summed E-state index contributed by atoms with van der Waals surface area (Å²) in [6.07, 6.45) is 4.06. The standard InChI is InChI=1S/C10H11N3O4/c14-8-2-3-9(15)13(8)17-10(16)4-1-7-5-11-6-12-7/h5-6H,1-4H2,(H,11,12)/p+1. The third kappa shape index (κ3) is 2.68. The van der Waals surface area contributed by atoms with Crippen LogP contribution in [0.15, 0.2) is 12.5 Å². The van der Waals surface area contributed by atoms with Gasteiger partial charge in [-0.3, -0.25) is 0 Å². The molecule has 0 bridgehead atoms. The molecule has 7 heteroatoms. The molecular formula is C10H12N3O4+. The highest BCUT2D eigenvalue weighted by Gasteiger charge is 2.36. The zero-order valence-electron chi connectivity index (χ0n) is 9.05. The Morgan fingerprint density at radius 2 is 2.41 bits per heavy atom. The van der Waals surface area contributed by atoms with Crippen molar-refractivity contribution in [1.29, 1.82) is 0 Å². The monoisotopic (exact) mass is 238 g/mol. The first kappa shape index (κ1) is 11.3. The number of aromatic nitrogens is 2. The van der Waals surface area contributed by atoms with Crippen LogP contribution in [0.25, 0.3) is 0 Å². The maximum absolute atomic E-state index is 11.4. The highest BCUT2D eigenvalue weighted by Crippen LogP contribution is 2.06. The van der Waals surface area contributed by atoms with Gasteiger partial charge >= 0.3 is 17.8 Å². The number of carbonyl (C=O) groups excluding carboxylic acids is 2. The van der Waals surface area contributed by atoms with E-state index in [0.717, 1.165) is 5.69 Å². The molecule has 0 radical (unpaired) electrons. The van der Waals surface area contributed by atoms with Crippen molar-refractivity contribution < 1.29 is 24.3 Å². The number of aryl methyl sites for hydroxylation is 1. The molecule has 0 spiro atoms. The lowest BCUT2D eigenvalue weighted by Crippen LogP contribution is -2.24. The molecule has 1 aromatic heterocycles. The molecule has 2 N–H and O–H groups in total. The topological polar surface area (TPSA) is 95.3 Å². The van der Waals surface area contributed by atoms with E-state index in [2.05, 4.69) is 9.97 Å². The SMILES string of the molecule is O=C(CCc1cnc[nH]1)O[N+]1=C(O)CCC1=O. The number of H-pyrrole nitrogens is 1. The molecule has 1 aromatic rings. The Bertz CT molecular complexity index is 464. The molecule has 0 unspecified atom stereocenters. The Kier molecular flexibility index (Phi) is 3.17. The fraction of sp³-hybridized carbons (Fsp3) is 0.400. The summed E-state index contributed by atoms with van der Waals surface area (Å²) in [5.41, 5.74) is 0.808. The second-order valence-electron chi connectivity index (χ2n) is 3.64. The van der Waals surface area contributed by atoms with Crippen LogP contribution in [0.3, 0.4) is 0 Å². The zero-order chi connectivity index (χ0) is 12.3. The molecule has 90 valence electrons. The number of aromatic amines is 1. The van der Waals surface area contributed by atoms with E-state index in [1.165, 1.54) is 6.33 Å². The predicted molar refractivity (Wildman–Crippen MR) is 55.1 cm³/mol. The smallest absolute Gasteiger partial charge is 0.439 e. The summed E-state index contributed by atoms with van der Waals surface area (Å²) in [4.78, 5) is 34.0. The Morgan fingerprint density at radius 3 is 3.00 bits per heavy atom. The average Bonchev–Trinajstić information content (AvgIpc) is 2.91. The van der Waals surface area contributed by atoms with Crippen molar-refractivity contribution >= 4 is 17.8 Å². The van der Waals surface area contributed by atoms with E-state index in [0.29, 0.717) is 11.2 Å². The number of hydrogen-bond acceptors (Lipinski definition) is 4. The molecule has 0 aliphatic carbocycles. The molecule has 2 heterocycles. The second-order valence-corrected chi connectivity index (χ2v) is 3.64. The summed E-state index contributed by atoms with van der Waals surface area (Å²) >= 11 is 0. The van der Waals surface area contributed by atoms with Gasteiger partial charge in [-0.1, -0.05) is 0 Å². The quantitative estimate of drug-likeness (QED) is 0.572. The summed E-state index contributed by atoms with van der Waals surface area (Å²) in [6.45, 7) is 0. The van der Waals surface area contributed by atoms with E-state index in [1.807, 2.05) is 0 Å². The lowest BCUT2D eigenvalue weighted by atomic mass is 10.2. The van der Waals surface area contributed by atoms with Gasteiger partial charge in [-0.05, 0) is 6.42 Å². The molecular weight excluding hydrogens is 226 g/mol. The van der Waals surface area contributed by atoms with Gasteiger partial charge in [0.1, 0.15) is 0 Å². The molecule has 0 atom stereocenters. The van der Waals surface area contributed by atoms with Crippen LogP contribution in [0.2, 0.25) is 0 Å². The summed E-state index contributed by atoms with van der Waals surface area (Å²) < 4.78 is 0.662. The number of hydroxylamine groups is 1. The third-order valence-electron chi connectivity index (χ3n) is 2.37. The fourth-order valence-corrected chi connectivity index (χ4v) is 1.47. The normalized spacial score (nSPS) is 15.4. The minimum atomic E-state index is -0.568. The molecule has 0 saturated carbocycles. The molecule has 0 aromatic carbocycles. The van der Waals surface area contributed by atoms with E-state index in [4.69, 9.17) is 4.84 Å². The van der Waals surface area contributed by atoms with Gasteiger partial charge in [0, 0.05) is 11.9 Å². The van der Waals surface area contributed by atoms with Gasteiger partial charge in [-0.2, -0.15) is 4.84 Å². The van der Waals surface area contributed by atoms with Crippen LogP contribution in [0.5, 0.6) is 0 Å². The largest absolute Gasteiger partial charge is 0.460 e. The number of nitrogens with zero attached hydrogens (tertiary/aromatic N) is 2. The summed E-state index contributed by atoms with van der Waals surface area (Å²) in [7, 11) is 0. The van der Waals surface area contributed by atoms with Crippen LogP contribution in [0.4, 0.5) is 0 Å². The Labute approximate surface area is 96.7 Å². The summed E-state index contributed by atoms with van der Waals surface area (Å²) in [5, 5.41) is 9.29. The van der Waals surface area contributed by atoms with Gasteiger partial charge in [0.25, 0.3) is 0 Å². The van der Waals surface area contributed by atoms with Crippen molar-refractivity contribution in [3.05, 3.63) is 18.2 Å². The molecule has 1 amide bonds. The van der Waals surface area contributed by atoms with E-state index in [1.54, 1.807) is 6.20 Å². The number of rotatable bonds is 4. The maximum Gasteiger partial charge on any atom is 0.439 e. The van der Waals surface area contributed by atoms with Gasteiger partial charge < -0.3 is 10.1 Å². The van der Waals surface area contributed by atoms with E-state index in [-0.39, 0.29) is 25.2 Å². The highest BCUT2D eigenvalue weighted by molar-refractivity contribution is 5.86. The van der Waals surface area contributed by atoms with Crippen molar-refractivity contribution in [1.82, 2.24) is 9.97 Å². The lowest BCUT2D eigenvalue weighted by molar-refractivity contribution is -0.694. The minimum Gasteiger partial charge on any atom is -0.460 e. The number of imidazole rings is 1. The van der Waals surface area contributed by atoms with Gasteiger partial charge in [0.05, 0.1) is 30.3 Å². The molecule has 7 nitrogen and oxygen atoms in total. The first-order valence-corrected chi connectivity index (χ1v) is 5.22. The van der Waals surface area contributed by atoms with Gasteiger partial charge in [0.2, 0.25) is 0 Å². The van der Waals surface area contributed by atoms with Crippen LogP contribution in [-0.2, 0) is 20.8 Å². The molecule has 1 aliphatic rings. The van der Waals surface area contributed by atoms with Crippen LogP contribution in [0, 0.1) is 0 Å². The van der Waals surface area contributed by atoms with Crippen molar-refractivity contribution in [3.8, 4) is 0 Å². The molecule has 2 rings (SSSR count). The molecule has 1 aliphatic heterocycles. The van der Waals surface area contributed by atoms with E-state index < -0.39 is 11.9 Å². The molecule has 0 fully saturated rings. The van der Waals surface area contributed by atoms with Crippen LogP contribution in [0.1, 0.15) is 25.0 Å². The van der Waals surface area contributed by atoms with Crippen molar-refractivity contribution in [3.63, 3.8) is 0 Å². The first-order valence-electron chi connectivity index (χ1n) is 5.22. The Morgan fingerprint density at radius 1 is 1.59 bits per heavy atom. The van der Waals surface area contributed by atoms with Crippen LogP contribution >= 0.6 is 0 Å². The third-order valence-corrected chi connectivity index (χ3v) is 2.37. The van der Waals surface area contributed by atoms with Gasteiger partial charge in [-0.15, -0.1) is 0 Å². The summed E-state index contributed by atoms with van der Waals surface area (Å²) in [6, 6.07) is 0. The van der Waals surface area contributed by atoms with Gasteiger partial charge in [0.15, 0.2) is 0 Å². The molecule has 0 saturated heterocycles. The predicted octanol–water partition coefficient (Wildman–Crippen LogP) is 0.0899. The van der Waals surface area contributed by atoms with E-state index in [9.17, 15) is 14.7 Å². The van der Waals surface area contributed by atoms with Gasteiger partial charge in [-0.25, -0.2) is 14.6 Å². The fourth-order valence-electron chi connectivity index (χ4n) is 1.47. The Hall–Kier alpha value is -2.18. The van der Waals surface area contributed by atoms with Crippen LogP contribution < -0.4 is 0 Å². The number of carbonyl (C=O) groups is 2. The average molecular weight is 238 g/mol. The number of aliphatic hydroxyl groups excluding tert-OH is 1. The summed E-state index contributed by atoms with van der Waals surface area (Å²) in [5.74, 6) is -1.19. The van der Waals surface area contributed by atoms with Crippen LogP contribution in [-0.4, -0.2) is 37.6 Å². The minimum absolute atomic E-state index is 0.110. The number of amides is 1. The second kappa shape index (κ2) is 4.77.